The summed E-state index contributed by atoms with van der Waals surface area (Å²) in [6, 6.07) is 5.46. The van der Waals surface area contributed by atoms with E-state index in [0.29, 0.717) is 11.3 Å². The number of nitrogens with one attached hydrogen (secondary N) is 2. The lowest BCUT2D eigenvalue weighted by Gasteiger charge is -2.12. The molecule has 2 heterocycles. The lowest BCUT2D eigenvalue weighted by Crippen LogP contribution is -2.16. The largest absolute Gasteiger partial charge is 0.384 e. The van der Waals surface area contributed by atoms with E-state index in [4.69, 9.17) is 0 Å². The van der Waals surface area contributed by atoms with E-state index in [1.807, 2.05) is 13.0 Å². The van der Waals surface area contributed by atoms with Crippen molar-refractivity contribution in [3.8, 4) is 0 Å². The fourth-order valence-corrected chi connectivity index (χ4v) is 1.78. The molecule has 2 rings (SSSR count). The van der Waals surface area contributed by atoms with Gasteiger partial charge in [-0.05, 0) is 31.5 Å². The first-order valence-electron chi connectivity index (χ1n) is 6.62. The van der Waals surface area contributed by atoms with Crippen LogP contribution in [0.3, 0.4) is 0 Å². The minimum Gasteiger partial charge on any atom is -0.384 e. The van der Waals surface area contributed by atoms with Gasteiger partial charge in [0.05, 0.1) is 23.1 Å². The average molecular weight is 270 g/mol. The molecule has 5 heteroatoms. The molecule has 0 spiro atoms. The van der Waals surface area contributed by atoms with Gasteiger partial charge in [-0.1, -0.05) is 6.92 Å². The van der Waals surface area contributed by atoms with Crippen molar-refractivity contribution in [2.24, 2.45) is 0 Å². The normalized spacial score (nSPS) is 10.1. The van der Waals surface area contributed by atoms with Crippen molar-refractivity contribution in [3.63, 3.8) is 0 Å². The SMILES string of the molecule is CCCNc1cc(C)ncc1C(=O)Nc1cccnc1. The van der Waals surface area contributed by atoms with Gasteiger partial charge in [-0.3, -0.25) is 14.8 Å². The number of anilines is 2. The zero-order chi connectivity index (χ0) is 14.4. The Morgan fingerprint density at radius 3 is 2.90 bits per heavy atom. The van der Waals surface area contributed by atoms with Crippen molar-refractivity contribution in [2.45, 2.75) is 20.3 Å². The van der Waals surface area contributed by atoms with Gasteiger partial charge in [0.1, 0.15) is 0 Å². The molecule has 0 aliphatic rings. The number of carbonyl (C=O) groups excluding carboxylic acids is 1. The fraction of sp³-hybridized carbons (Fsp3) is 0.267. The molecule has 0 radical (unpaired) electrons. The van der Waals surface area contributed by atoms with E-state index in [9.17, 15) is 4.79 Å². The monoisotopic (exact) mass is 270 g/mol. The molecule has 5 nitrogen and oxygen atoms in total. The van der Waals surface area contributed by atoms with Crippen LogP contribution in [0.5, 0.6) is 0 Å². The van der Waals surface area contributed by atoms with Gasteiger partial charge in [0.2, 0.25) is 0 Å². The van der Waals surface area contributed by atoms with Gasteiger partial charge in [0, 0.05) is 24.6 Å². The van der Waals surface area contributed by atoms with Gasteiger partial charge < -0.3 is 10.6 Å². The van der Waals surface area contributed by atoms with Crippen molar-refractivity contribution in [1.82, 2.24) is 9.97 Å². The Morgan fingerprint density at radius 1 is 1.35 bits per heavy atom. The van der Waals surface area contributed by atoms with Crippen LogP contribution < -0.4 is 10.6 Å². The third-order valence-electron chi connectivity index (χ3n) is 2.77. The molecule has 20 heavy (non-hydrogen) atoms. The van der Waals surface area contributed by atoms with Crippen LogP contribution in [0.15, 0.2) is 36.8 Å². The molecule has 2 N–H and O–H groups in total. The minimum atomic E-state index is -0.191. The first-order valence-corrected chi connectivity index (χ1v) is 6.62. The molecule has 1 amide bonds. The first-order chi connectivity index (χ1) is 9.70. The quantitative estimate of drug-likeness (QED) is 0.876. The molecule has 0 fully saturated rings. The number of amides is 1. The van der Waals surface area contributed by atoms with Crippen molar-refractivity contribution in [2.75, 3.05) is 17.2 Å². The third-order valence-corrected chi connectivity index (χ3v) is 2.77. The summed E-state index contributed by atoms with van der Waals surface area (Å²) in [6.07, 6.45) is 5.86. The van der Waals surface area contributed by atoms with E-state index >= 15 is 0 Å². The molecule has 2 aromatic heterocycles. The van der Waals surface area contributed by atoms with Crippen LogP contribution in [0.4, 0.5) is 11.4 Å². The number of rotatable bonds is 5. The number of pyridine rings is 2. The second kappa shape index (κ2) is 6.65. The van der Waals surface area contributed by atoms with Crippen LogP contribution in [-0.2, 0) is 0 Å². The maximum absolute atomic E-state index is 12.3. The molecule has 0 atom stereocenters. The molecular formula is C15H18N4O. The van der Waals surface area contributed by atoms with E-state index in [-0.39, 0.29) is 5.91 Å². The molecular weight excluding hydrogens is 252 g/mol. The van der Waals surface area contributed by atoms with E-state index < -0.39 is 0 Å². The van der Waals surface area contributed by atoms with Gasteiger partial charge in [-0.25, -0.2) is 0 Å². The van der Waals surface area contributed by atoms with Crippen molar-refractivity contribution in [3.05, 3.63) is 48.0 Å². The first kappa shape index (κ1) is 14.0. The summed E-state index contributed by atoms with van der Waals surface area (Å²) in [6.45, 7) is 4.80. The standard InChI is InChI=1S/C15H18N4O/c1-3-6-17-14-8-11(2)18-10-13(14)15(20)19-12-5-4-7-16-9-12/h4-5,7-10H,3,6H2,1-2H3,(H,17,18)(H,19,20). The van der Waals surface area contributed by atoms with Gasteiger partial charge in [-0.15, -0.1) is 0 Å². The Bertz CT molecular complexity index is 584. The van der Waals surface area contributed by atoms with Crippen LogP contribution >= 0.6 is 0 Å². The molecule has 104 valence electrons. The van der Waals surface area contributed by atoms with E-state index in [1.54, 1.807) is 30.7 Å². The zero-order valence-corrected chi connectivity index (χ0v) is 11.7. The molecule has 0 aliphatic heterocycles. The van der Waals surface area contributed by atoms with Crippen molar-refractivity contribution >= 4 is 17.3 Å². The smallest absolute Gasteiger partial charge is 0.259 e. The molecule has 2 aromatic rings. The zero-order valence-electron chi connectivity index (χ0n) is 11.7. The average Bonchev–Trinajstić information content (AvgIpc) is 2.46. The predicted molar refractivity (Wildman–Crippen MR) is 79.9 cm³/mol. The van der Waals surface area contributed by atoms with Gasteiger partial charge in [0.15, 0.2) is 0 Å². The Hall–Kier alpha value is -2.43. The van der Waals surface area contributed by atoms with E-state index in [1.165, 1.54) is 0 Å². The molecule has 0 aliphatic carbocycles. The lowest BCUT2D eigenvalue weighted by molar-refractivity contribution is 0.102. The molecule has 0 saturated carbocycles. The van der Waals surface area contributed by atoms with Gasteiger partial charge in [0.25, 0.3) is 5.91 Å². The molecule has 0 saturated heterocycles. The summed E-state index contributed by atoms with van der Waals surface area (Å²) in [5.74, 6) is -0.191. The number of nitrogens with zero attached hydrogens (tertiary/aromatic N) is 2. The maximum Gasteiger partial charge on any atom is 0.259 e. The Morgan fingerprint density at radius 2 is 2.20 bits per heavy atom. The van der Waals surface area contributed by atoms with Crippen molar-refractivity contribution < 1.29 is 4.79 Å². The molecule has 0 unspecified atom stereocenters. The summed E-state index contributed by atoms with van der Waals surface area (Å²) < 4.78 is 0. The maximum atomic E-state index is 12.3. The predicted octanol–water partition coefficient (Wildman–Crippen LogP) is 2.86. The van der Waals surface area contributed by atoms with E-state index in [0.717, 1.165) is 24.3 Å². The lowest BCUT2D eigenvalue weighted by atomic mass is 10.2. The fourth-order valence-electron chi connectivity index (χ4n) is 1.78. The number of hydrogen-bond acceptors (Lipinski definition) is 4. The summed E-state index contributed by atoms with van der Waals surface area (Å²) in [5, 5.41) is 6.07. The van der Waals surface area contributed by atoms with Crippen LogP contribution in [0.2, 0.25) is 0 Å². The topological polar surface area (TPSA) is 66.9 Å². The number of aryl methyl sites for hydroxylation is 1. The van der Waals surface area contributed by atoms with Crippen LogP contribution in [0.1, 0.15) is 29.4 Å². The third kappa shape index (κ3) is 3.54. The molecule has 0 bridgehead atoms. The highest BCUT2D eigenvalue weighted by Gasteiger charge is 2.12. The second-order valence-electron chi connectivity index (χ2n) is 4.49. The number of aromatic nitrogens is 2. The summed E-state index contributed by atoms with van der Waals surface area (Å²) in [5.41, 5.74) is 2.88. The van der Waals surface area contributed by atoms with E-state index in [2.05, 4.69) is 27.5 Å². The molecule has 0 aromatic carbocycles. The number of carbonyl (C=O) groups is 1. The van der Waals surface area contributed by atoms with Crippen LogP contribution in [0, 0.1) is 6.92 Å². The summed E-state index contributed by atoms with van der Waals surface area (Å²) in [7, 11) is 0. The van der Waals surface area contributed by atoms with Crippen LogP contribution in [0.25, 0.3) is 0 Å². The van der Waals surface area contributed by atoms with Crippen LogP contribution in [-0.4, -0.2) is 22.4 Å². The van der Waals surface area contributed by atoms with Gasteiger partial charge in [-0.2, -0.15) is 0 Å². The highest BCUT2D eigenvalue weighted by Crippen LogP contribution is 2.17. The highest BCUT2D eigenvalue weighted by atomic mass is 16.1. The second-order valence-corrected chi connectivity index (χ2v) is 4.49. The Labute approximate surface area is 118 Å². The Balaban J connectivity index is 2.20. The minimum absolute atomic E-state index is 0.191. The van der Waals surface area contributed by atoms with Gasteiger partial charge >= 0.3 is 0 Å². The summed E-state index contributed by atoms with van der Waals surface area (Å²) in [4.78, 5) is 20.5. The number of hydrogen-bond donors (Lipinski definition) is 2. The van der Waals surface area contributed by atoms with Crippen molar-refractivity contribution in [1.29, 1.82) is 0 Å². The highest BCUT2D eigenvalue weighted by molar-refractivity contribution is 6.07. The Kier molecular flexibility index (Phi) is 4.65. The summed E-state index contributed by atoms with van der Waals surface area (Å²) >= 11 is 0.